The lowest BCUT2D eigenvalue weighted by atomic mass is 10.2. The van der Waals surface area contributed by atoms with Gasteiger partial charge in [-0.25, -0.2) is 0 Å². The second-order valence-corrected chi connectivity index (χ2v) is 7.36. The van der Waals surface area contributed by atoms with Crippen molar-refractivity contribution in [1.82, 2.24) is 4.31 Å². The highest BCUT2D eigenvalue weighted by molar-refractivity contribution is 9.10. The number of benzene rings is 1. The average molecular weight is 366 g/mol. The molecule has 0 aromatic heterocycles. The summed E-state index contributed by atoms with van der Waals surface area (Å²) < 4.78 is 28.7. The van der Waals surface area contributed by atoms with E-state index in [2.05, 4.69) is 20.7 Å². The first kappa shape index (κ1) is 16.4. The molecular weight excluding hydrogens is 350 g/mol. The van der Waals surface area contributed by atoms with E-state index in [9.17, 15) is 8.42 Å². The van der Waals surface area contributed by atoms with E-state index in [1.165, 1.54) is 11.4 Å². The van der Waals surface area contributed by atoms with Crippen molar-refractivity contribution in [3.8, 4) is 0 Å². The molecule has 1 aromatic carbocycles. The van der Waals surface area contributed by atoms with Gasteiger partial charge >= 0.3 is 10.2 Å². The fraction of sp³-hybridized carbons (Fsp3) is 0.364. The minimum absolute atomic E-state index is 0.131. The monoisotopic (exact) mass is 365 g/mol. The van der Waals surface area contributed by atoms with Gasteiger partial charge in [0, 0.05) is 23.1 Å². The third kappa shape index (κ3) is 4.13. The van der Waals surface area contributed by atoms with E-state index >= 15 is 0 Å². The van der Waals surface area contributed by atoms with Crippen LogP contribution in [0.25, 0.3) is 0 Å². The van der Waals surface area contributed by atoms with Gasteiger partial charge in [-0.2, -0.15) is 12.7 Å². The first-order valence-electron chi connectivity index (χ1n) is 5.50. The molecule has 19 heavy (non-hydrogen) atoms. The molecule has 0 atom stereocenters. The first-order chi connectivity index (χ1) is 8.65. The smallest absolute Gasteiger partial charge is 0.301 e. The Kier molecular flexibility index (Phi) is 5.31. The van der Waals surface area contributed by atoms with Gasteiger partial charge in [0.25, 0.3) is 0 Å². The van der Waals surface area contributed by atoms with Gasteiger partial charge < -0.3 is 5.73 Å². The summed E-state index contributed by atoms with van der Waals surface area (Å²) in [6.07, 6.45) is 0. The molecule has 0 bridgehead atoms. The molecule has 0 amide bonds. The molecule has 0 fully saturated rings. The average Bonchev–Trinajstić information content (AvgIpc) is 2.29. The minimum atomic E-state index is -3.63. The van der Waals surface area contributed by atoms with Gasteiger partial charge in [0.05, 0.1) is 5.69 Å². The molecule has 0 saturated heterocycles. The largest absolute Gasteiger partial charge is 0.389 e. The molecule has 5 nitrogen and oxygen atoms in total. The highest BCUT2D eigenvalue weighted by Gasteiger charge is 2.21. The van der Waals surface area contributed by atoms with Crippen LogP contribution in [0.5, 0.6) is 0 Å². The Bertz CT molecular complexity index is 588. The summed E-state index contributed by atoms with van der Waals surface area (Å²) in [5.74, 6) is 0. The molecule has 1 aromatic rings. The SMILES string of the molecule is CC(C)N(C)S(=O)(=O)Nc1ccc(Br)cc1C(N)=S. The maximum absolute atomic E-state index is 12.1. The van der Waals surface area contributed by atoms with Gasteiger partial charge in [0.1, 0.15) is 4.99 Å². The van der Waals surface area contributed by atoms with Gasteiger partial charge in [-0.3, -0.25) is 4.72 Å². The maximum Gasteiger partial charge on any atom is 0.301 e. The number of hydrogen-bond donors (Lipinski definition) is 2. The van der Waals surface area contributed by atoms with Gasteiger partial charge in [-0.05, 0) is 32.0 Å². The van der Waals surface area contributed by atoms with E-state index < -0.39 is 10.2 Å². The van der Waals surface area contributed by atoms with Gasteiger partial charge in [-0.1, -0.05) is 28.1 Å². The third-order valence-corrected chi connectivity index (χ3v) is 4.96. The molecule has 0 saturated carbocycles. The van der Waals surface area contributed by atoms with E-state index in [1.54, 1.807) is 32.0 Å². The van der Waals surface area contributed by atoms with E-state index in [1.807, 2.05) is 0 Å². The van der Waals surface area contributed by atoms with Crippen LogP contribution in [-0.4, -0.2) is 30.8 Å². The summed E-state index contributed by atoms with van der Waals surface area (Å²) in [6, 6.07) is 4.86. The van der Waals surface area contributed by atoms with Crippen molar-refractivity contribution in [3.63, 3.8) is 0 Å². The third-order valence-electron chi connectivity index (χ3n) is 2.59. The summed E-state index contributed by atoms with van der Waals surface area (Å²) in [6.45, 7) is 3.57. The fourth-order valence-electron chi connectivity index (χ4n) is 1.30. The Labute approximate surface area is 127 Å². The minimum Gasteiger partial charge on any atom is -0.389 e. The van der Waals surface area contributed by atoms with Crippen LogP contribution in [-0.2, 0) is 10.2 Å². The molecule has 0 unspecified atom stereocenters. The van der Waals surface area contributed by atoms with Crippen LogP contribution in [0.2, 0.25) is 0 Å². The molecule has 106 valence electrons. The van der Waals surface area contributed by atoms with Crippen LogP contribution in [0.15, 0.2) is 22.7 Å². The molecule has 0 aliphatic heterocycles. The van der Waals surface area contributed by atoms with Crippen molar-refractivity contribution in [2.45, 2.75) is 19.9 Å². The molecule has 0 radical (unpaired) electrons. The Balaban J connectivity index is 3.16. The highest BCUT2D eigenvalue weighted by atomic mass is 79.9. The summed E-state index contributed by atoms with van der Waals surface area (Å²) in [5, 5.41) is 0. The lowest BCUT2D eigenvalue weighted by molar-refractivity contribution is 0.414. The number of halogens is 1. The normalized spacial score (nSPS) is 11.9. The van der Waals surface area contributed by atoms with Crippen molar-refractivity contribution < 1.29 is 8.42 Å². The molecule has 0 aliphatic rings. The summed E-state index contributed by atoms with van der Waals surface area (Å²) in [4.78, 5) is 0.131. The fourth-order valence-corrected chi connectivity index (χ4v) is 2.98. The van der Waals surface area contributed by atoms with E-state index in [4.69, 9.17) is 18.0 Å². The number of nitrogens with two attached hydrogens (primary N) is 1. The Morgan fingerprint density at radius 3 is 2.53 bits per heavy atom. The van der Waals surface area contributed by atoms with Crippen LogP contribution < -0.4 is 10.5 Å². The van der Waals surface area contributed by atoms with E-state index in [-0.39, 0.29) is 11.0 Å². The van der Waals surface area contributed by atoms with Crippen LogP contribution in [0, 0.1) is 0 Å². The van der Waals surface area contributed by atoms with Crippen molar-refractivity contribution in [2.24, 2.45) is 5.73 Å². The first-order valence-corrected chi connectivity index (χ1v) is 8.14. The summed E-state index contributed by atoms with van der Waals surface area (Å²) in [7, 11) is -2.12. The quantitative estimate of drug-likeness (QED) is 0.783. The van der Waals surface area contributed by atoms with Crippen LogP contribution >= 0.6 is 28.1 Å². The number of thiocarbonyl (C=S) groups is 1. The molecule has 3 N–H and O–H groups in total. The predicted octanol–water partition coefficient (Wildman–Crippen LogP) is 2.08. The standard InChI is InChI=1S/C11H16BrN3O2S2/c1-7(2)15(3)19(16,17)14-10-5-4-8(12)6-9(10)11(13)18/h4-7,14H,1-3H3,(H2,13,18). The number of hydrogen-bond acceptors (Lipinski definition) is 3. The number of anilines is 1. The van der Waals surface area contributed by atoms with E-state index in [0.717, 1.165) is 4.47 Å². The van der Waals surface area contributed by atoms with Gasteiger partial charge in [0.15, 0.2) is 0 Å². The van der Waals surface area contributed by atoms with Crippen LogP contribution in [0.1, 0.15) is 19.4 Å². The zero-order valence-electron chi connectivity index (χ0n) is 10.8. The number of nitrogens with one attached hydrogen (secondary N) is 1. The van der Waals surface area contributed by atoms with Crippen molar-refractivity contribution in [2.75, 3.05) is 11.8 Å². The second-order valence-electron chi connectivity index (χ2n) is 4.27. The molecular formula is C11H16BrN3O2S2. The number of rotatable bonds is 5. The molecule has 0 aliphatic carbocycles. The molecule has 1 rings (SSSR count). The molecule has 0 heterocycles. The highest BCUT2D eigenvalue weighted by Crippen LogP contribution is 2.22. The van der Waals surface area contributed by atoms with Crippen molar-refractivity contribution >= 4 is 49.0 Å². The molecule has 0 spiro atoms. The Morgan fingerprint density at radius 1 is 1.47 bits per heavy atom. The van der Waals surface area contributed by atoms with Crippen molar-refractivity contribution in [1.29, 1.82) is 0 Å². The summed E-state index contributed by atoms with van der Waals surface area (Å²) >= 11 is 8.22. The van der Waals surface area contributed by atoms with Crippen LogP contribution in [0.3, 0.4) is 0 Å². The zero-order chi connectivity index (χ0) is 14.8. The van der Waals surface area contributed by atoms with Gasteiger partial charge in [-0.15, -0.1) is 0 Å². The topological polar surface area (TPSA) is 75.4 Å². The molecule has 8 heteroatoms. The Hall–Kier alpha value is -0.700. The van der Waals surface area contributed by atoms with Crippen molar-refractivity contribution in [3.05, 3.63) is 28.2 Å². The predicted molar refractivity (Wildman–Crippen MR) is 85.5 cm³/mol. The summed E-state index contributed by atoms with van der Waals surface area (Å²) in [5.41, 5.74) is 6.44. The van der Waals surface area contributed by atoms with Gasteiger partial charge in [0.2, 0.25) is 0 Å². The lowest BCUT2D eigenvalue weighted by Crippen LogP contribution is -2.37. The van der Waals surface area contributed by atoms with E-state index in [0.29, 0.717) is 11.3 Å². The second kappa shape index (κ2) is 6.17. The maximum atomic E-state index is 12.1. The lowest BCUT2D eigenvalue weighted by Gasteiger charge is -2.22. The Morgan fingerprint density at radius 2 is 2.05 bits per heavy atom. The van der Waals surface area contributed by atoms with Crippen LogP contribution in [0.4, 0.5) is 5.69 Å². The zero-order valence-corrected chi connectivity index (χ0v) is 14.1. The number of nitrogens with zero attached hydrogens (tertiary/aromatic N) is 1.